The van der Waals surface area contributed by atoms with Crippen molar-refractivity contribution < 1.29 is 26.8 Å². The fourth-order valence-corrected chi connectivity index (χ4v) is 5.50. The first-order valence-electron chi connectivity index (χ1n) is 11.7. The Kier molecular flexibility index (Phi) is 6.35. The molecule has 0 N–H and O–H groups in total. The van der Waals surface area contributed by atoms with E-state index in [9.17, 15) is 18.0 Å². The maximum absolute atomic E-state index is 15.3. The highest BCUT2D eigenvalue weighted by molar-refractivity contribution is 7.80. The molecule has 2 aromatic rings. The Bertz CT molecular complexity index is 1310. The molecular formula is C25H21F4N5O2S. The zero-order valence-corrected chi connectivity index (χ0v) is 20.2. The number of hydrogen-bond donors (Lipinski definition) is 0. The number of halogens is 4. The third-order valence-electron chi connectivity index (χ3n) is 7.05. The number of pyridine rings is 1. The van der Waals surface area contributed by atoms with E-state index in [2.05, 4.69) is 9.97 Å². The molecule has 3 aliphatic rings. The summed E-state index contributed by atoms with van der Waals surface area (Å²) in [6, 6.07) is 5.03. The van der Waals surface area contributed by atoms with Gasteiger partial charge in [0.2, 0.25) is 0 Å². The second-order valence-electron chi connectivity index (χ2n) is 9.20. The molecule has 3 heterocycles. The molecule has 0 radical (unpaired) electrons. The van der Waals surface area contributed by atoms with Gasteiger partial charge in [0.05, 0.1) is 35.8 Å². The molecule has 5 rings (SSSR count). The van der Waals surface area contributed by atoms with Crippen molar-refractivity contribution in [2.45, 2.75) is 50.2 Å². The predicted octanol–water partition coefficient (Wildman–Crippen LogP) is 5.17. The Labute approximate surface area is 215 Å². The van der Waals surface area contributed by atoms with Crippen LogP contribution in [0.1, 0.15) is 37.3 Å². The molecule has 1 spiro atoms. The van der Waals surface area contributed by atoms with Gasteiger partial charge < -0.3 is 9.32 Å². The van der Waals surface area contributed by atoms with E-state index < -0.39 is 41.0 Å². The van der Waals surface area contributed by atoms with Crippen LogP contribution in [0.15, 0.2) is 58.9 Å². The molecule has 37 heavy (non-hydrogen) atoms. The molecule has 192 valence electrons. The molecule has 12 heteroatoms. The van der Waals surface area contributed by atoms with E-state index in [1.54, 1.807) is 29.4 Å². The molecule has 2 fully saturated rings. The summed E-state index contributed by atoms with van der Waals surface area (Å²) in [5.41, 5.74) is -0.383. The maximum atomic E-state index is 15.3. The molecule has 1 saturated heterocycles. The highest BCUT2D eigenvalue weighted by Crippen LogP contribution is 2.50. The second-order valence-corrected chi connectivity index (χ2v) is 9.56. The fraction of sp³-hybridized carbons (Fsp3) is 0.400. The smallest absolute Gasteiger partial charge is 0.399 e. The van der Waals surface area contributed by atoms with E-state index in [-0.39, 0.29) is 5.11 Å². The number of oxazole rings is 1. The SMILES string of the molecule is N#CC1C=CC(N2C(=O)C3(CCC3)N(c3ccc(CCCc4ncco4)nc3)C2=S)=C(F)C1C(F)(F)F. The largest absolute Gasteiger partial charge is 0.449 e. The molecule has 1 saturated carbocycles. The summed E-state index contributed by atoms with van der Waals surface area (Å²) in [7, 11) is 0. The fourth-order valence-electron chi connectivity index (χ4n) is 5.04. The second kappa shape index (κ2) is 9.37. The standard InChI is InChI=1S/C25H21F4N5O2S/c26-21-18(8-5-15(13-30)20(21)25(27,28)29)33-22(35)24(9-2-10-24)34(23(33)37)17-7-6-16(32-14-17)3-1-4-19-31-11-12-36-19/h5-8,11-12,14-15,20H,1-4,9-10H2. The Hall–Kier alpha value is -3.59. The van der Waals surface area contributed by atoms with E-state index in [0.29, 0.717) is 43.7 Å². The summed E-state index contributed by atoms with van der Waals surface area (Å²) in [5, 5.41) is 9.01. The molecule has 0 aromatic carbocycles. The molecule has 0 bridgehead atoms. The number of carbonyl (C=O) groups is 1. The van der Waals surface area contributed by atoms with Gasteiger partial charge in [0.15, 0.2) is 11.0 Å². The number of allylic oxidation sites excluding steroid dienone is 3. The first-order chi connectivity index (χ1) is 17.7. The minimum Gasteiger partial charge on any atom is -0.449 e. The zero-order chi connectivity index (χ0) is 26.4. The van der Waals surface area contributed by atoms with Gasteiger partial charge in [0.1, 0.15) is 23.5 Å². The minimum atomic E-state index is -5.01. The Balaban J connectivity index is 1.41. The van der Waals surface area contributed by atoms with E-state index in [1.807, 2.05) is 0 Å². The zero-order valence-electron chi connectivity index (χ0n) is 19.4. The van der Waals surface area contributed by atoms with Crippen molar-refractivity contribution in [1.29, 1.82) is 5.26 Å². The summed E-state index contributed by atoms with van der Waals surface area (Å²) in [5.74, 6) is -5.93. The lowest BCUT2D eigenvalue weighted by Gasteiger charge is -2.42. The number of rotatable bonds is 6. The van der Waals surface area contributed by atoms with Crippen LogP contribution >= 0.6 is 12.2 Å². The van der Waals surface area contributed by atoms with Crippen molar-refractivity contribution in [2.24, 2.45) is 11.8 Å². The third kappa shape index (κ3) is 4.21. The third-order valence-corrected chi connectivity index (χ3v) is 7.41. The van der Waals surface area contributed by atoms with Gasteiger partial charge in [0.25, 0.3) is 5.91 Å². The van der Waals surface area contributed by atoms with Gasteiger partial charge in [-0.2, -0.15) is 18.4 Å². The van der Waals surface area contributed by atoms with Crippen LogP contribution in [0.5, 0.6) is 0 Å². The monoisotopic (exact) mass is 531 g/mol. The molecule has 7 nitrogen and oxygen atoms in total. The van der Waals surface area contributed by atoms with Gasteiger partial charge in [-0.15, -0.1) is 0 Å². The number of carbonyl (C=O) groups excluding carboxylic acids is 1. The molecule has 2 aromatic heterocycles. The highest BCUT2D eigenvalue weighted by Gasteiger charge is 2.61. The van der Waals surface area contributed by atoms with Gasteiger partial charge in [-0.1, -0.05) is 6.08 Å². The van der Waals surface area contributed by atoms with Gasteiger partial charge in [-0.25, -0.2) is 9.37 Å². The van der Waals surface area contributed by atoms with Crippen molar-refractivity contribution in [3.63, 3.8) is 0 Å². The van der Waals surface area contributed by atoms with Gasteiger partial charge in [-0.3, -0.25) is 14.7 Å². The van der Waals surface area contributed by atoms with Crippen LogP contribution in [-0.4, -0.2) is 37.6 Å². The number of nitriles is 1. The van der Waals surface area contributed by atoms with E-state index in [1.165, 1.54) is 12.3 Å². The molecule has 2 unspecified atom stereocenters. The number of alkyl halides is 3. The first kappa shape index (κ1) is 25.1. The van der Waals surface area contributed by atoms with Crippen molar-refractivity contribution in [3.8, 4) is 6.07 Å². The van der Waals surface area contributed by atoms with Gasteiger partial charge >= 0.3 is 6.18 Å². The van der Waals surface area contributed by atoms with Gasteiger partial charge in [-0.05, 0) is 62.5 Å². The minimum absolute atomic E-state index is 0.116. The lowest BCUT2D eigenvalue weighted by atomic mass is 9.75. The van der Waals surface area contributed by atoms with Crippen LogP contribution in [0, 0.1) is 23.2 Å². The quantitative estimate of drug-likeness (QED) is 0.376. The van der Waals surface area contributed by atoms with E-state index in [4.69, 9.17) is 21.9 Å². The van der Waals surface area contributed by atoms with Crippen molar-refractivity contribution in [1.82, 2.24) is 14.9 Å². The van der Waals surface area contributed by atoms with E-state index >= 15 is 4.39 Å². The highest BCUT2D eigenvalue weighted by atomic mass is 32.1. The maximum Gasteiger partial charge on any atom is 0.399 e. The number of hydrogen-bond acceptors (Lipinski definition) is 6. The van der Waals surface area contributed by atoms with E-state index in [0.717, 1.165) is 29.2 Å². The molecular weight excluding hydrogens is 510 g/mol. The number of nitrogens with zero attached hydrogens (tertiary/aromatic N) is 5. The van der Waals surface area contributed by atoms with Crippen molar-refractivity contribution >= 4 is 28.9 Å². The average Bonchev–Trinajstić information content (AvgIpc) is 3.43. The Morgan fingerprint density at radius 2 is 2.03 bits per heavy atom. The summed E-state index contributed by atoms with van der Waals surface area (Å²) >= 11 is 5.55. The Morgan fingerprint density at radius 1 is 1.24 bits per heavy atom. The summed E-state index contributed by atoms with van der Waals surface area (Å²) in [6.45, 7) is 0. The molecule has 2 aliphatic carbocycles. The molecule has 1 aliphatic heterocycles. The number of thiocarbonyl (C=S) groups is 1. The molecule has 2 atom stereocenters. The van der Waals surface area contributed by atoms with Crippen molar-refractivity contribution in [2.75, 3.05) is 4.90 Å². The van der Waals surface area contributed by atoms with Crippen LogP contribution in [-0.2, 0) is 17.6 Å². The number of anilines is 1. The molecule has 1 amide bonds. The summed E-state index contributed by atoms with van der Waals surface area (Å²) in [6.07, 6.45) is 5.28. The lowest BCUT2D eigenvalue weighted by Crippen LogP contribution is -2.55. The van der Waals surface area contributed by atoms with Gasteiger partial charge in [0, 0.05) is 12.1 Å². The number of aromatic nitrogens is 2. The normalized spacial score (nSPS) is 23.1. The average molecular weight is 532 g/mol. The number of aryl methyl sites for hydroxylation is 2. The van der Waals surface area contributed by atoms with Crippen molar-refractivity contribution in [3.05, 3.63) is 66.1 Å². The predicted molar refractivity (Wildman–Crippen MR) is 127 cm³/mol. The van der Waals surface area contributed by atoms with Crippen LogP contribution in [0.4, 0.5) is 23.2 Å². The Morgan fingerprint density at radius 3 is 2.59 bits per heavy atom. The van der Waals surface area contributed by atoms with Crippen LogP contribution in [0.3, 0.4) is 0 Å². The lowest BCUT2D eigenvalue weighted by molar-refractivity contribution is -0.174. The van der Waals surface area contributed by atoms with Crippen LogP contribution < -0.4 is 4.90 Å². The summed E-state index contributed by atoms with van der Waals surface area (Å²) in [4.78, 5) is 24.5. The topological polar surface area (TPSA) is 86.3 Å². The van der Waals surface area contributed by atoms with Crippen LogP contribution in [0.2, 0.25) is 0 Å². The van der Waals surface area contributed by atoms with Crippen LogP contribution in [0.25, 0.3) is 0 Å². The first-order valence-corrected chi connectivity index (χ1v) is 12.1. The summed E-state index contributed by atoms with van der Waals surface area (Å²) < 4.78 is 61.4. The number of amides is 1.